The van der Waals surface area contributed by atoms with Gasteiger partial charge in [0.25, 0.3) is 0 Å². The summed E-state index contributed by atoms with van der Waals surface area (Å²) >= 11 is 0. The number of halogens is 1. The fraction of sp³-hybridized carbons (Fsp3) is 0.600. The molecule has 1 aromatic carbocycles. The number of hydroxylamine groups is 3. The van der Waals surface area contributed by atoms with Gasteiger partial charge in [-0.1, -0.05) is 30.3 Å². The molecule has 0 saturated carbocycles. The van der Waals surface area contributed by atoms with E-state index < -0.39 is 0 Å². The summed E-state index contributed by atoms with van der Waals surface area (Å²) in [6.07, 6.45) is 0. The molecule has 110 valence electrons. The van der Waals surface area contributed by atoms with Crippen molar-refractivity contribution < 1.29 is 31.2 Å². The van der Waals surface area contributed by atoms with E-state index in [9.17, 15) is 0 Å². The lowest BCUT2D eigenvalue weighted by Crippen LogP contribution is -3.00. The monoisotopic (exact) mass is 340 g/mol. The van der Waals surface area contributed by atoms with E-state index in [4.69, 9.17) is 9.57 Å². The van der Waals surface area contributed by atoms with Gasteiger partial charge in [0.15, 0.2) is 0 Å². The highest BCUT2D eigenvalue weighted by Gasteiger charge is 2.51. The van der Waals surface area contributed by atoms with Crippen molar-refractivity contribution in [1.29, 1.82) is 0 Å². The van der Waals surface area contributed by atoms with Crippen LogP contribution >= 0.6 is 0 Å². The minimum absolute atomic E-state index is 0. The first kappa shape index (κ1) is 14.5. The molecule has 1 aromatic rings. The smallest absolute Gasteiger partial charge is 0.146 e. The van der Waals surface area contributed by atoms with E-state index in [0.717, 1.165) is 30.9 Å². The van der Waals surface area contributed by atoms with Crippen LogP contribution in [-0.2, 0) is 15.2 Å². The van der Waals surface area contributed by atoms with Crippen molar-refractivity contribution in [3.63, 3.8) is 0 Å². The number of benzene rings is 1. The summed E-state index contributed by atoms with van der Waals surface area (Å²) in [5.74, 6) is 0. The first-order valence-electron chi connectivity index (χ1n) is 7.23. The average Bonchev–Trinajstić information content (AvgIpc) is 3.30. The zero-order chi connectivity index (χ0) is 12.8. The molecule has 2 bridgehead atoms. The Balaban J connectivity index is 0.00000121. The summed E-state index contributed by atoms with van der Waals surface area (Å²) in [6, 6.07) is 10.5. The van der Waals surface area contributed by atoms with Crippen molar-refractivity contribution in [2.75, 3.05) is 52.5 Å². The molecule has 5 heteroatoms. The van der Waals surface area contributed by atoms with Gasteiger partial charge in [-0.15, -0.1) is 0 Å². The predicted molar refractivity (Wildman–Crippen MR) is 71.3 cm³/mol. The molecule has 0 radical (unpaired) electrons. The number of hydrogen-bond donors (Lipinski definition) is 0. The molecule has 4 saturated heterocycles. The number of nitrogens with zero attached hydrogens (tertiary/aromatic N) is 2. The molecule has 4 fully saturated rings. The Morgan fingerprint density at radius 1 is 1.10 bits per heavy atom. The third kappa shape index (κ3) is 2.53. The van der Waals surface area contributed by atoms with Crippen LogP contribution in [0.4, 0.5) is 0 Å². The van der Waals surface area contributed by atoms with Crippen LogP contribution in [0.25, 0.3) is 0 Å². The maximum absolute atomic E-state index is 6.33. The zero-order valence-electron chi connectivity index (χ0n) is 11.6. The largest absolute Gasteiger partial charge is 1.00 e. The van der Waals surface area contributed by atoms with Crippen LogP contribution in [0.1, 0.15) is 5.56 Å². The van der Waals surface area contributed by atoms with E-state index in [0.29, 0.717) is 6.61 Å². The molecule has 1 unspecified atom stereocenters. The Kier molecular flexibility index (Phi) is 3.90. The van der Waals surface area contributed by atoms with Gasteiger partial charge in [0, 0.05) is 0 Å². The van der Waals surface area contributed by atoms with Gasteiger partial charge in [-0.05, 0) is 5.56 Å². The molecular weight excluding hydrogens is 320 g/mol. The van der Waals surface area contributed by atoms with Crippen molar-refractivity contribution >= 4 is 0 Å². The third-order valence-corrected chi connectivity index (χ3v) is 4.84. The van der Waals surface area contributed by atoms with Gasteiger partial charge < -0.3 is 21.7 Å². The van der Waals surface area contributed by atoms with E-state index in [1.54, 1.807) is 0 Å². The highest BCUT2D eigenvalue weighted by molar-refractivity contribution is 5.26. The maximum atomic E-state index is 6.33. The van der Waals surface area contributed by atoms with Crippen LogP contribution in [0.3, 0.4) is 0 Å². The highest BCUT2D eigenvalue weighted by atomic mass is 79.9. The SMILES string of the molecule is [Br-].c1ccc(C2(CO[N+]34CCN(CC3)CC4)CO2)cc1. The van der Waals surface area contributed by atoms with Crippen LogP contribution in [-0.4, -0.2) is 62.0 Å². The van der Waals surface area contributed by atoms with Gasteiger partial charge in [-0.25, -0.2) is 0 Å². The quantitative estimate of drug-likeness (QED) is 0.468. The van der Waals surface area contributed by atoms with Crippen molar-refractivity contribution in [1.82, 2.24) is 4.90 Å². The summed E-state index contributed by atoms with van der Waals surface area (Å²) in [7, 11) is 0. The summed E-state index contributed by atoms with van der Waals surface area (Å²) in [5, 5.41) is 0. The molecule has 0 spiro atoms. The van der Waals surface area contributed by atoms with Crippen molar-refractivity contribution in [2.24, 2.45) is 0 Å². The van der Waals surface area contributed by atoms with Gasteiger partial charge >= 0.3 is 0 Å². The van der Waals surface area contributed by atoms with E-state index in [1.165, 1.54) is 25.2 Å². The van der Waals surface area contributed by atoms with Crippen molar-refractivity contribution in [3.8, 4) is 0 Å². The van der Waals surface area contributed by atoms with Gasteiger partial charge in [-0.3, -0.25) is 4.90 Å². The zero-order valence-corrected chi connectivity index (χ0v) is 13.2. The molecular formula is C15H21BrN2O2. The fourth-order valence-electron chi connectivity index (χ4n) is 3.24. The molecule has 0 N–H and O–H groups in total. The minimum Gasteiger partial charge on any atom is -1.00 e. The first-order valence-corrected chi connectivity index (χ1v) is 7.23. The summed E-state index contributed by atoms with van der Waals surface area (Å²) in [4.78, 5) is 8.86. The molecule has 4 nitrogen and oxygen atoms in total. The van der Waals surface area contributed by atoms with E-state index >= 15 is 0 Å². The molecule has 20 heavy (non-hydrogen) atoms. The second kappa shape index (κ2) is 5.39. The molecule has 1 atom stereocenters. The number of rotatable bonds is 4. The standard InChI is InChI=1S/C15H21N2O2.BrH/c1-2-4-14(5-3-1)15(12-18-15)13-19-17-9-6-16(7-10-17)8-11-17;/h1-5H,6-13H2;1H/q+1;/p-1. The number of ether oxygens (including phenoxy) is 1. The van der Waals surface area contributed by atoms with E-state index in [2.05, 4.69) is 29.2 Å². The minimum atomic E-state index is -0.164. The Morgan fingerprint density at radius 3 is 2.25 bits per heavy atom. The Morgan fingerprint density at radius 2 is 1.70 bits per heavy atom. The third-order valence-electron chi connectivity index (χ3n) is 4.84. The molecule has 0 aromatic heterocycles. The van der Waals surface area contributed by atoms with Gasteiger partial charge in [0.1, 0.15) is 31.8 Å². The average molecular weight is 341 g/mol. The lowest BCUT2D eigenvalue weighted by molar-refractivity contribution is -1.11. The van der Waals surface area contributed by atoms with E-state index in [1.807, 2.05) is 6.07 Å². The van der Waals surface area contributed by atoms with Crippen molar-refractivity contribution in [2.45, 2.75) is 5.60 Å². The summed E-state index contributed by atoms with van der Waals surface area (Å²) in [6.45, 7) is 8.42. The lowest BCUT2D eigenvalue weighted by Gasteiger charge is -2.47. The predicted octanol–water partition coefficient (Wildman–Crippen LogP) is -2.01. The molecule has 4 heterocycles. The number of quaternary nitrogens is 1. The molecule has 5 rings (SSSR count). The Labute approximate surface area is 130 Å². The Hall–Kier alpha value is -0.460. The number of piperazine rings is 3. The van der Waals surface area contributed by atoms with E-state index in [-0.39, 0.29) is 22.6 Å². The second-order valence-corrected chi connectivity index (χ2v) is 5.99. The van der Waals surface area contributed by atoms with Crippen LogP contribution in [0, 0.1) is 0 Å². The number of hydrogen-bond acceptors (Lipinski definition) is 3. The normalized spacial score (nSPS) is 38.3. The van der Waals surface area contributed by atoms with Crippen LogP contribution in [0.15, 0.2) is 30.3 Å². The van der Waals surface area contributed by atoms with Crippen LogP contribution in [0.2, 0.25) is 0 Å². The second-order valence-electron chi connectivity index (χ2n) is 5.99. The Bertz CT molecular complexity index is 442. The molecule has 0 aliphatic carbocycles. The van der Waals surface area contributed by atoms with Gasteiger partial charge in [-0.2, -0.15) is 9.48 Å². The summed E-state index contributed by atoms with van der Waals surface area (Å²) < 4.78 is 6.57. The number of fused-ring (bicyclic) bond motifs is 3. The molecule has 0 amide bonds. The first-order chi connectivity index (χ1) is 9.30. The van der Waals surface area contributed by atoms with Crippen LogP contribution < -0.4 is 17.0 Å². The van der Waals surface area contributed by atoms with Gasteiger partial charge in [0.05, 0.1) is 26.2 Å². The fourth-order valence-corrected chi connectivity index (χ4v) is 3.24. The highest BCUT2D eigenvalue weighted by Crippen LogP contribution is 2.39. The molecule has 4 aliphatic heterocycles. The summed E-state index contributed by atoms with van der Waals surface area (Å²) in [5.41, 5.74) is 1.09. The maximum Gasteiger partial charge on any atom is 0.146 e. The van der Waals surface area contributed by atoms with Crippen molar-refractivity contribution in [3.05, 3.63) is 35.9 Å². The molecule has 4 aliphatic rings. The van der Waals surface area contributed by atoms with Gasteiger partial charge in [0.2, 0.25) is 0 Å². The number of epoxide rings is 1. The topological polar surface area (TPSA) is 25.0 Å². The van der Waals surface area contributed by atoms with Crippen LogP contribution in [0.5, 0.6) is 0 Å². The lowest BCUT2D eigenvalue weighted by atomic mass is 10.0.